The number of ether oxygens (including phenoxy) is 1. The van der Waals surface area contributed by atoms with Crippen LogP contribution in [-0.2, 0) is 0 Å². The number of rotatable bonds is 6. The van der Waals surface area contributed by atoms with Gasteiger partial charge >= 0.3 is 12.3 Å². The topological polar surface area (TPSA) is 104 Å². The Balaban J connectivity index is 1.78. The van der Waals surface area contributed by atoms with Crippen LogP contribution in [0.1, 0.15) is 10.5 Å². The number of aromatic nitrogens is 2. The Morgan fingerprint density at radius 1 is 1.00 bits per heavy atom. The van der Waals surface area contributed by atoms with Crippen molar-refractivity contribution in [3.05, 3.63) is 78.2 Å². The molecule has 2 heterocycles. The Morgan fingerprint density at radius 3 is 2.27 bits per heavy atom. The lowest BCUT2D eigenvalue weighted by molar-refractivity contribution is -0.274. The fourth-order valence-electron chi connectivity index (χ4n) is 2.74. The number of carbonyl (C=O) groups is 1. The van der Waals surface area contributed by atoms with E-state index in [0.717, 1.165) is 24.4 Å². The number of hydrogen-bond donors (Lipinski definition) is 3. The number of carbonyl (C=O) groups excluding carboxylic acids is 1. The third-order valence-corrected chi connectivity index (χ3v) is 4.33. The van der Waals surface area contributed by atoms with Gasteiger partial charge in [-0.05, 0) is 47.5 Å². The molecular weight excluding hydrogens is 449 g/mol. The quantitative estimate of drug-likeness (QED) is 0.293. The molecule has 0 fully saturated rings. The number of benzene rings is 1. The predicted octanol–water partition coefficient (Wildman–Crippen LogP) is 3.82. The summed E-state index contributed by atoms with van der Waals surface area (Å²) < 4.78 is 70.5. The van der Waals surface area contributed by atoms with Gasteiger partial charge in [0, 0.05) is 12.4 Å². The maximum atomic E-state index is 14.6. The molecule has 0 atom stereocenters. The van der Waals surface area contributed by atoms with Crippen LogP contribution >= 0.6 is 0 Å². The van der Waals surface area contributed by atoms with E-state index in [1.807, 2.05) is 5.32 Å². The molecule has 0 unspecified atom stereocenters. The van der Waals surface area contributed by atoms with Crippen LogP contribution in [0.15, 0.2) is 67.0 Å². The molecule has 0 spiro atoms. The van der Waals surface area contributed by atoms with Gasteiger partial charge in [-0.15, -0.1) is 13.2 Å². The molecule has 0 bridgehead atoms. The average Bonchev–Trinajstić information content (AvgIpc) is 2.77. The van der Waals surface area contributed by atoms with Crippen molar-refractivity contribution >= 4 is 11.7 Å². The molecule has 2 aromatic heterocycles. The Kier molecular flexibility index (Phi) is 6.56. The van der Waals surface area contributed by atoms with Gasteiger partial charge in [-0.2, -0.15) is 8.78 Å². The smallest absolute Gasteiger partial charge is 0.406 e. The van der Waals surface area contributed by atoms with Crippen LogP contribution in [0.2, 0.25) is 0 Å². The van der Waals surface area contributed by atoms with Gasteiger partial charge in [-0.1, -0.05) is 18.2 Å². The molecule has 0 aliphatic rings. The maximum Gasteiger partial charge on any atom is 0.573 e. The Morgan fingerprint density at radius 2 is 1.67 bits per heavy atom. The summed E-state index contributed by atoms with van der Waals surface area (Å²) in [5.41, 5.74) is 0.102. The van der Waals surface area contributed by atoms with Gasteiger partial charge in [0.25, 0.3) is 5.91 Å². The molecule has 3 N–H and O–H groups in total. The minimum Gasteiger partial charge on any atom is -0.406 e. The van der Waals surface area contributed by atoms with Crippen molar-refractivity contribution < 1.29 is 31.5 Å². The lowest BCUT2D eigenvalue weighted by Gasteiger charge is -2.20. The molecular formula is C21H16F5N5O2. The molecule has 12 heteroatoms. The van der Waals surface area contributed by atoms with E-state index in [1.54, 1.807) is 6.07 Å². The number of hydrogen-bond acceptors (Lipinski definition) is 5. The van der Waals surface area contributed by atoms with Crippen LogP contribution in [0.5, 0.6) is 5.75 Å². The number of nitrogens with zero attached hydrogens (tertiary/aromatic N) is 2. The van der Waals surface area contributed by atoms with E-state index < -0.39 is 41.8 Å². The minimum atomic E-state index is -4.86. The monoisotopic (exact) mass is 465 g/mol. The molecule has 1 amide bonds. The number of alkyl halides is 5. The molecule has 33 heavy (non-hydrogen) atoms. The van der Waals surface area contributed by atoms with Crippen LogP contribution < -0.4 is 15.5 Å². The van der Waals surface area contributed by atoms with Gasteiger partial charge < -0.3 is 10.1 Å². The zero-order valence-corrected chi connectivity index (χ0v) is 16.7. The second kappa shape index (κ2) is 9.18. The molecule has 3 aromatic rings. The van der Waals surface area contributed by atoms with E-state index in [4.69, 9.17) is 10.8 Å². The molecule has 0 saturated heterocycles. The Bertz CT molecular complexity index is 1210. The molecule has 0 aliphatic heterocycles. The van der Waals surface area contributed by atoms with Crippen molar-refractivity contribution in [2.45, 2.75) is 12.3 Å². The summed E-state index contributed by atoms with van der Waals surface area (Å²) in [5.74, 6) is -6.42. The standard InChI is InChI=1S/C21H16F5N5O2/c22-20(23,12-30-18(32)16-3-1-2-10-29-16)19(28)31-11-14(6-9-17(31)27)13-4-7-15(8-5-13)33-21(24,25)26/h1-11,27-28H,12H2,(H,30,32). The maximum absolute atomic E-state index is 14.6. The normalized spacial score (nSPS) is 11.7. The van der Waals surface area contributed by atoms with E-state index >= 15 is 0 Å². The Labute approximate surface area is 183 Å². The fourth-order valence-corrected chi connectivity index (χ4v) is 2.74. The van der Waals surface area contributed by atoms with Crippen molar-refractivity contribution in [3.8, 4) is 16.9 Å². The lowest BCUT2D eigenvalue weighted by Crippen LogP contribution is -2.47. The first kappa shape index (κ1) is 23.6. The van der Waals surface area contributed by atoms with Crippen molar-refractivity contribution in [2.75, 3.05) is 6.54 Å². The van der Waals surface area contributed by atoms with Crippen molar-refractivity contribution in [1.82, 2.24) is 14.9 Å². The number of nitrogens with one attached hydrogen (secondary N) is 3. The molecule has 0 aliphatic carbocycles. The van der Waals surface area contributed by atoms with E-state index in [1.165, 1.54) is 36.5 Å². The van der Waals surface area contributed by atoms with Crippen LogP contribution in [-0.4, -0.2) is 40.1 Å². The highest BCUT2D eigenvalue weighted by molar-refractivity contribution is 5.94. The van der Waals surface area contributed by atoms with Gasteiger partial charge in [-0.25, -0.2) is 0 Å². The summed E-state index contributed by atoms with van der Waals surface area (Å²) in [6, 6.07) is 11.6. The van der Waals surface area contributed by atoms with E-state index in [0.29, 0.717) is 10.1 Å². The second-order valence-electron chi connectivity index (χ2n) is 6.70. The van der Waals surface area contributed by atoms with Gasteiger partial charge in [0.2, 0.25) is 0 Å². The SMILES string of the molecule is N=C(n1cc(-c2ccc(OC(F)(F)F)cc2)ccc1=N)C(F)(F)CNC(=O)c1ccccn1. The highest BCUT2D eigenvalue weighted by Gasteiger charge is 2.37. The first-order valence-corrected chi connectivity index (χ1v) is 9.26. The summed E-state index contributed by atoms with van der Waals surface area (Å²) >= 11 is 0. The van der Waals surface area contributed by atoms with Crippen LogP contribution in [0.3, 0.4) is 0 Å². The Hall–Kier alpha value is -4.09. The number of halogens is 5. The summed E-state index contributed by atoms with van der Waals surface area (Å²) in [5, 5.41) is 17.8. The highest BCUT2D eigenvalue weighted by Crippen LogP contribution is 2.26. The summed E-state index contributed by atoms with van der Waals surface area (Å²) in [6.07, 6.45) is -2.45. The molecule has 0 radical (unpaired) electrons. The van der Waals surface area contributed by atoms with Gasteiger partial charge in [0.1, 0.15) is 16.9 Å². The van der Waals surface area contributed by atoms with E-state index in [9.17, 15) is 26.7 Å². The van der Waals surface area contributed by atoms with Crippen molar-refractivity contribution in [3.63, 3.8) is 0 Å². The molecule has 3 rings (SSSR count). The van der Waals surface area contributed by atoms with Crippen molar-refractivity contribution in [1.29, 1.82) is 10.8 Å². The molecule has 1 aromatic carbocycles. The highest BCUT2D eigenvalue weighted by atomic mass is 19.4. The summed E-state index contributed by atoms with van der Waals surface area (Å²) in [7, 11) is 0. The largest absolute Gasteiger partial charge is 0.573 e. The minimum absolute atomic E-state index is 0.0754. The van der Waals surface area contributed by atoms with E-state index in [2.05, 4.69) is 9.72 Å². The molecule has 7 nitrogen and oxygen atoms in total. The van der Waals surface area contributed by atoms with Gasteiger partial charge in [-0.3, -0.25) is 25.2 Å². The summed E-state index contributed by atoms with van der Waals surface area (Å²) in [4.78, 5) is 15.7. The average molecular weight is 465 g/mol. The molecule has 172 valence electrons. The third-order valence-electron chi connectivity index (χ3n) is 4.33. The van der Waals surface area contributed by atoms with Crippen molar-refractivity contribution in [2.24, 2.45) is 0 Å². The van der Waals surface area contributed by atoms with Crippen LogP contribution in [0.25, 0.3) is 11.1 Å². The summed E-state index contributed by atoms with van der Waals surface area (Å²) in [6.45, 7) is -1.21. The van der Waals surface area contributed by atoms with Crippen LogP contribution in [0.4, 0.5) is 22.0 Å². The zero-order chi connectivity index (χ0) is 24.2. The first-order valence-electron chi connectivity index (χ1n) is 9.26. The first-order chi connectivity index (χ1) is 15.5. The lowest BCUT2D eigenvalue weighted by atomic mass is 10.1. The van der Waals surface area contributed by atoms with Gasteiger partial charge in [0.15, 0.2) is 5.84 Å². The number of pyridine rings is 2. The predicted molar refractivity (Wildman–Crippen MR) is 107 cm³/mol. The second-order valence-corrected chi connectivity index (χ2v) is 6.70. The fraction of sp³-hybridized carbons (Fsp3) is 0.143. The molecule has 0 saturated carbocycles. The zero-order valence-electron chi connectivity index (χ0n) is 16.7. The van der Waals surface area contributed by atoms with Gasteiger partial charge in [0.05, 0.1) is 6.54 Å². The van der Waals surface area contributed by atoms with E-state index in [-0.39, 0.29) is 11.3 Å². The third kappa shape index (κ3) is 5.99. The van der Waals surface area contributed by atoms with Crippen LogP contribution in [0, 0.1) is 10.8 Å². The number of amides is 1.